The lowest BCUT2D eigenvalue weighted by molar-refractivity contribution is 0.0423. The zero-order valence-electron chi connectivity index (χ0n) is 25.2. The Labute approximate surface area is 231 Å². The van der Waals surface area contributed by atoms with Crippen LogP contribution in [0.4, 0.5) is 0 Å². The molecule has 6 unspecified atom stereocenters. The van der Waals surface area contributed by atoms with E-state index < -0.39 is 0 Å². The van der Waals surface area contributed by atoms with Crippen LogP contribution in [0.5, 0.6) is 0 Å². The van der Waals surface area contributed by atoms with Crippen LogP contribution >= 0.6 is 0 Å². The van der Waals surface area contributed by atoms with E-state index in [9.17, 15) is 0 Å². The smallest absolute Gasteiger partial charge is 0.0580 e. The van der Waals surface area contributed by atoms with Gasteiger partial charge < -0.3 is 4.74 Å². The topological polar surface area (TPSA) is 9.23 Å². The van der Waals surface area contributed by atoms with Gasteiger partial charge in [-0.25, -0.2) is 0 Å². The fourth-order valence-electron chi connectivity index (χ4n) is 10.2. The molecule has 0 bridgehead atoms. The minimum Gasteiger partial charge on any atom is -0.378 e. The SMILES string of the molecule is C=C(CC1CCC2CC(OCCC3CCCCC3)CC2C1)C1CCCCC1C1CCC(C(C)(C)C)CC1. The number of allylic oxidation sites excluding steroid dienone is 1. The Hall–Kier alpha value is -0.300. The van der Waals surface area contributed by atoms with Crippen LogP contribution in [0, 0.1) is 52.8 Å². The van der Waals surface area contributed by atoms with Crippen molar-refractivity contribution in [3.05, 3.63) is 12.2 Å². The summed E-state index contributed by atoms with van der Waals surface area (Å²) in [5, 5.41) is 0. The molecule has 0 amide bonds. The van der Waals surface area contributed by atoms with Gasteiger partial charge in [-0.15, -0.1) is 0 Å². The second-order valence-electron chi connectivity index (χ2n) is 15.9. The van der Waals surface area contributed by atoms with Crippen molar-refractivity contribution in [1.29, 1.82) is 0 Å². The fourth-order valence-corrected chi connectivity index (χ4v) is 10.2. The number of ether oxygens (including phenoxy) is 1. The molecule has 37 heavy (non-hydrogen) atoms. The number of hydrogen-bond donors (Lipinski definition) is 0. The molecule has 212 valence electrons. The minimum atomic E-state index is 0.499. The molecule has 5 fully saturated rings. The van der Waals surface area contributed by atoms with Gasteiger partial charge in [0.25, 0.3) is 0 Å². The van der Waals surface area contributed by atoms with Gasteiger partial charge in [-0.05, 0) is 136 Å². The van der Waals surface area contributed by atoms with E-state index in [1.165, 1.54) is 128 Å². The predicted octanol–water partition coefficient (Wildman–Crippen LogP) is 10.8. The number of rotatable bonds is 8. The lowest BCUT2D eigenvalue weighted by atomic mass is 9.61. The third-order valence-electron chi connectivity index (χ3n) is 12.5. The molecule has 0 N–H and O–H groups in total. The monoisotopic (exact) mass is 510 g/mol. The number of fused-ring (bicyclic) bond motifs is 1. The van der Waals surface area contributed by atoms with Crippen LogP contribution in [-0.4, -0.2) is 12.7 Å². The van der Waals surface area contributed by atoms with Crippen molar-refractivity contribution in [3.63, 3.8) is 0 Å². The molecule has 1 heteroatoms. The summed E-state index contributed by atoms with van der Waals surface area (Å²) in [6, 6.07) is 0. The first-order valence-corrected chi connectivity index (χ1v) is 17.2. The minimum absolute atomic E-state index is 0.499. The lowest BCUT2D eigenvalue weighted by Crippen LogP contribution is -2.34. The first-order chi connectivity index (χ1) is 17.9. The van der Waals surface area contributed by atoms with Gasteiger partial charge in [0.1, 0.15) is 0 Å². The highest BCUT2D eigenvalue weighted by Crippen LogP contribution is 2.51. The standard InChI is InChI=1S/C36H62O/c1-26(34-12-8-9-13-35(34)29-16-18-32(19-17-29)36(2,3)4)22-28-14-15-30-24-33(25-31(30)23-28)37-21-20-27-10-6-5-7-11-27/h27-35H,1,5-25H2,2-4H3. The molecule has 0 radical (unpaired) electrons. The van der Waals surface area contributed by atoms with Crippen molar-refractivity contribution in [1.82, 2.24) is 0 Å². The zero-order valence-corrected chi connectivity index (χ0v) is 25.2. The Morgan fingerprint density at radius 1 is 0.676 bits per heavy atom. The van der Waals surface area contributed by atoms with Crippen LogP contribution in [0.2, 0.25) is 0 Å². The van der Waals surface area contributed by atoms with Gasteiger partial charge in [-0.1, -0.05) is 77.9 Å². The summed E-state index contributed by atoms with van der Waals surface area (Å²) in [4.78, 5) is 0. The first kappa shape index (κ1) is 28.2. The maximum absolute atomic E-state index is 6.50. The summed E-state index contributed by atoms with van der Waals surface area (Å²) in [6.07, 6.45) is 29.5. The molecule has 6 atom stereocenters. The molecule has 0 heterocycles. The molecular weight excluding hydrogens is 448 g/mol. The highest BCUT2D eigenvalue weighted by Gasteiger charge is 2.41. The third kappa shape index (κ3) is 7.46. The second-order valence-corrected chi connectivity index (χ2v) is 15.9. The van der Waals surface area contributed by atoms with Crippen molar-refractivity contribution in [2.45, 2.75) is 155 Å². The third-order valence-corrected chi connectivity index (χ3v) is 12.5. The summed E-state index contributed by atoms with van der Waals surface area (Å²) in [5.41, 5.74) is 2.17. The van der Waals surface area contributed by atoms with Crippen molar-refractivity contribution >= 4 is 0 Å². The Morgan fingerprint density at radius 2 is 1.35 bits per heavy atom. The number of hydrogen-bond acceptors (Lipinski definition) is 1. The van der Waals surface area contributed by atoms with E-state index in [2.05, 4.69) is 20.8 Å². The second kappa shape index (κ2) is 12.9. The summed E-state index contributed by atoms with van der Waals surface area (Å²) in [6.45, 7) is 13.3. The van der Waals surface area contributed by atoms with Crippen molar-refractivity contribution < 1.29 is 4.74 Å². The van der Waals surface area contributed by atoms with Crippen LogP contribution in [-0.2, 0) is 4.74 Å². The molecule has 5 aliphatic carbocycles. The van der Waals surface area contributed by atoms with Gasteiger partial charge in [0.15, 0.2) is 0 Å². The Kier molecular flexibility index (Phi) is 9.85. The van der Waals surface area contributed by atoms with Gasteiger partial charge in [-0.2, -0.15) is 0 Å². The highest BCUT2D eigenvalue weighted by atomic mass is 16.5. The van der Waals surface area contributed by atoms with E-state index in [4.69, 9.17) is 11.3 Å². The summed E-state index contributed by atoms with van der Waals surface area (Å²) >= 11 is 0. The molecule has 0 spiro atoms. The molecule has 1 nitrogen and oxygen atoms in total. The molecule has 0 aromatic carbocycles. The average Bonchev–Trinajstić information content (AvgIpc) is 3.31. The van der Waals surface area contributed by atoms with Gasteiger partial charge in [-0.3, -0.25) is 0 Å². The van der Waals surface area contributed by atoms with E-state index in [0.717, 1.165) is 54.0 Å². The van der Waals surface area contributed by atoms with Crippen LogP contribution in [0.15, 0.2) is 12.2 Å². The maximum Gasteiger partial charge on any atom is 0.0580 e. The van der Waals surface area contributed by atoms with Crippen LogP contribution < -0.4 is 0 Å². The lowest BCUT2D eigenvalue weighted by Gasteiger charge is -2.44. The fraction of sp³-hybridized carbons (Fsp3) is 0.944. The van der Waals surface area contributed by atoms with E-state index in [1.54, 1.807) is 5.57 Å². The van der Waals surface area contributed by atoms with Crippen molar-refractivity contribution in [3.8, 4) is 0 Å². The van der Waals surface area contributed by atoms with Crippen molar-refractivity contribution in [2.75, 3.05) is 6.61 Å². The van der Waals surface area contributed by atoms with E-state index >= 15 is 0 Å². The van der Waals surface area contributed by atoms with Crippen LogP contribution in [0.3, 0.4) is 0 Å². The molecule has 0 aromatic rings. The largest absolute Gasteiger partial charge is 0.378 e. The van der Waals surface area contributed by atoms with Gasteiger partial charge in [0.2, 0.25) is 0 Å². The molecular formula is C36H62O. The maximum atomic E-state index is 6.50. The van der Waals surface area contributed by atoms with Gasteiger partial charge in [0, 0.05) is 6.61 Å². The molecule has 5 aliphatic rings. The van der Waals surface area contributed by atoms with E-state index in [-0.39, 0.29) is 0 Å². The molecule has 0 aliphatic heterocycles. The van der Waals surface area contributed by atoms with Gasteiger partial charge >= 0.3 is 0 Å². The molecule has 5 saturated carbocycles. The average molecular weight is 511 g/mol. The summed E-state index contributed by atoms with van der Waals surface area (Å²) < 4.78 is 6.50. The zero-order chi connectivity index (χ0) is 25.8. The van der Waals surface area contributed by atoms with Crippen LogP contribution in [0.1, 0.15) is 149 Å². The van der Waals surface area contributed by atoms with Gasteiger partial charge in [0.05, 0.1) is 6.10 Å². The Morgan fingerprint density at radius 3 is 2.11 bits per heavy atom. The van der Waals surface area contributed by atoms with Crippen molar-refractivity contribution in [2.24, 2.45) is 52.8 Å². The molecule has 5 rings (SSSR count). The Bertz CT molecular complexity index is 703. The summed E-state index contributed by atoms with van der Waals surface area (Å²) in [5.74, 6) is 7.49. The normalized spacial score (nSPS) is 39.9. The van der Waals surface area contributed by atoms with Crippen LogP contribution in [0.25, 0.3) is 0 Å². The van der Waals surface area contributed by atoms with E-state index in [0.29, 0.717) is 11.5 Å². The predicted molar refractivity (Wildman–Crippen MR) is 159 cm³/mol. The highest BCUT2D eigenvalue weighted by molar-refractivity contribution is 5.08. The first-order valence-electron chi connectivity index (χ1n) is 17.2. The van der Waals surface area contributed by atoms with E-state index in [1.807, 2.05) is 0 Å². The summed E-state index contributed by atoms with van der Waals surface area (Å²) in [7, 11) is 0. The molecule has 0 saturated heterocycles. The molecule has 0 aromatic heterocycles. The Balaban J connectivity index is 1.06. The quantitative estimate of drug-likeness (QED) is 0.295.